The van der Waals surface area contributed by atoms with Crippen LogP contribution in [-0.2, 0) is 4.74 Å². The summed E-state index contributed by atoms with van der Waals surface area (Å²) in [5.74, 6) is -0.321. The van der Waals surface area contributed by atoms with E-state index in [2.05, 4.69) is 20.5 Å². The smallest absolute Gasteiger partial charge is 0.270 e. The summed E-state index contributed by atoms with van der Waals surface area (Å²) in [7, 11) is 0. The number of aromatic nitrogens is 3. The fourth-order valence-corrected chi connectivity index (χ4v) is 2.03. The van der Waals surface area contributed by atoms with Crippen LogP contribution >= 0.6 is 0 Å². The summed E-state index contributed by atoms with van der Waals surface area (Å²) in [6.07, 6.45) is 4.39. The molecule has 0 unspecified atom stereocenters. The summed E-state index contributed by atoms with van der Waals surface area (Å²) in [6.45, 7) is 0.567. The zero-order valence-electron chi connectivity index (χ0n) is 10.6. The van der Waals surface area contributed by atoms with Gasteiger partial charge in [-0.25, -0.2) is 0 Å². The number of aliphatic hydroxyl groups excluding tert-OH is 1. The number of hydrogen-bond donors (Lipinski definition) is 3. The fourth-order valence-electron chi connectivity index (χ4n) is 2.03. The van der Waals surface area contributed by atoms with Crippen molar-refractivity contribution < 1.29 is 14.6 Å². The average molecular weight is 274 g/mol. The number of ether oxygens (including phenoxy) is 1. The highest BCUT2D eigenvalue weighted by Gasteiger charge is 2.28. The minimum Gasteiger partial charge on any atom is -0.388 e. The van der Waals surface area contributed by atoms with Gasteiger partial charge in [0.05, 0.1) is 31.6 Å². The van der Waals surface area contributed by atoms with Crippen LogP contribution in [0.15, 0.2) is 30.7 Å². The second-order valence-corrected chi connectivity index (χ2v) is 4.60. The highest BCUT2D eigenvalue weighted by atomic mass is 16.5. The molecule has 0 saturated carbocycles. The molecule has 1 saturated heterocycles. The zero-order chi connectivity index (χ0) is 13.9. The van der Waals surface area contributed by atoms with E-state index in [1.807, 2.05) is 0 Å². The van der Waals surface area contributed by atoms with Crippen LogP contribution in [0, 0.1) is 0 Å². The molecule has 7 nitrogen and oxygen atoms in total. The van der Waals surface area contributed by atoms with Crippen LogP contribution in [0.25, 0.3) is 11.1 Å². The Hall–Kier alpha value is -2.25. The molecule has 0 aliphatic carbocycles. The first-order valence-corrected chi connectivity index (χ1v) is 6.26. The molecule has 20 heavy (non-hydrogen) atoms. The highest BCUT2D eigenvalue weighted by molar-refractivity contribution is 5.92. The van der Waals surface area contributed by atoms with Gasteiger partial charge in [-0.3, -0.25) is 14.9 Å². The summed E-state index contributed by atoms with van der Waals surface area (Å²) >= 11 is 0. The van der Waals surface area contributed by atoms with Gasteiger partial charge in [0, 0.05) is 23.5 Å². The average Bonchev–Trinajstić information content (AvgIpc) is 3.12. The lowest BCUT2D eigenvalue weighted by atomic mass is 10.1. The lowest BCUT2D eigenvalue weighted by Crippen LogP contribution is -2.42. The number of carbonyl (C=O) groups excluding carboxylic acids is 1. The topological polar surface area (TPSA) is 100 Å². The van der Waals surface area contributed by atoms with E-state index in [0.717, 1.165) is 11.1 Å². The number of hydrogen-bond acceptors (Lipinski definition) is 5. The number of aliphatic hydroxyl groups is 1. The Labute approximate surface area is 115 Å². The predicted octanol–water partition coefficient (Wildman–Crippen LogP) is -0.0388. The van der Waals surface area contributed by atoms with Crippen molar-refractivity contribution in [1.82, 2.24) is 20.5 Å². The van der Waals surface area contributed by atoms with Gasteiger partial charge < -0.3 is 15.2 Å². The Morgan fingerprint density at radius 3 is 2.85 bits per heavy atom. The van der Waals surface area contributed by atoms with Crippen molar-refractivity contribution in [3.05, 3.63) is 36.4 Å². The minimum absolute atomic E-state index is 0.248. The van der Waals surface area contributed by atoms with E-state index in [4.69, 9.17) is 4.74 Å². The Morgan fingerprint density at radius 2 is 2.25 bits per heavy atom. The number of H-pyrrole nitrogens is 1. The summed E-state index contributed by atoms with van der Waals surface area (Å²) in [4.78, 5) is 16.1. The molecule has 2 aromatic heterocycles. The Kier molecular flexibility index (Phi) is 3.44. The molecule has 3 N–H and O–H groups in total. The van der Waals surface area contributed by atoms with E-state index in [1.54, 1.807) is 30.7 Å². The maximum atomic E-state index is 12.0. The number of nitrogens with zero attached hydrogens (tertiary/aromatic N) is 2. The molecule has 1 aliphatic rings. The second-order valence-electron chi connectivity index (χ2n) is 4.60. The van der Waals surface area contributed by atoms with Gasteiger partial charge in [-0.15, -0.1) is 0 Å². The zero-order valence-corrected chi connectivity index (χ0v) is 10.6. The van der Waals surface area contributed by atoms with E-state index < -0.39 is 6.10 Å². The normalized spacial score (nSPS) is 21.9. The third-order valence-corrected chi connectivity index (χ3v) is 3.19. The van der Waals surface area contributed by atoms with E-state index in [1.165, 1.54) is 0 Å². The molecule has 104 valence electrons. The molecule has 0 spiro atoms. The molecule has 0 radical (unpaired) electrons. The predicted molar refractivity (Wildman–Crippen MR) is 69.9 cm³/mol. The van der Waals surface area contributed by atoms with Crippen molar-refractivity contribution in [2.24, 2.45) is 0 Å². The molecule has 2 atom stereocenters. The van der Waals surface area contributed by atoms with Gasteiger partial charge in [-0.05, 0) is 6.07 Å². The first-order valence-electron chi connectivity index (χ1n) is 6.26. The minimum atomic E-state index is -0.663. The van der Waals surface area contributed by atoms with Gasteiger partial charge in [0.2, 0.25) is 0 Å². The van der Waals surface area contributed by atoms with Crippen LogP contribution in [0.2, 0.25) is 0 Å². The maximum absolute atomic E-state index is 12.0. The third kappa shape index (κ3) is 2.54. The van der Waals surface area contributed by atoms with E-state index >= 15 is 0 Å². The summed E-state index contributed by atoms with van der Waals surface area (Å²) in [5.41, 5.74) is 2.08. The number of aromatic amines is 1. The second kappa shape index (κ2) is 5.40. The van der Waals surface area contributed by atoms with E-state index in [9.17, 15) is 9.90 Å². The third-order valence-electron chi connectivity index (χ3n) is 3.19. The number of pyridine rings is 1. The number of nitrogens with one attached hydrogen (secondary N) is 2. The van der Waals surface area contributed by atoms with Crippen molar-refractivity contribution in [3.8, 4) is 11.1 Å². The first kappa shape index (κ1) is 12.8. The molecule has 3 rings (SSSR count). The molecular formula is C13H14N4O3. The largest absolute Gasteiger partial charge is 0.388 e. The summed E-state index contributed by atoms with van der Waals surface area (Å²) in [5, 5.41) is 18.9. The molecule has 0 aromatic carbocycles. The van der Waals surface area contributed by atoms with E-state index in [-0.39, 0.29) is 18.6 Å². The van der Waals surface area contributed by atoms with Crippen LogP contribution in [-0.4, -0.2) is 51.6 Å². The van der Waals surface area contributed by atoms with Gasteiger partial charge in [-0.2, -0.15) is 5.10 Å². The van der Waals surface area contributed by atoms with Gasteiger partial charge in [0.15, 0.2) is 0 Å². The molecule has 1 amide bonds. The van der Waals surface area contributed by atoms with Gasteiger partial charge in [0.25, 0.3) is 5.91 Å². The van der Waals surface area contributed by atoms with Crippen LogP contribution in [0.3, 0.4) is 0 Å². The molecule has 2 aromatic rings. The van der Waals surface area contributed by atoms with E-state index in [0.29, 0.717) is 12.3 Å². The van der Waals surface area contributed by atoms with Gasteiger partial charge in [0.1, 0.15) is 5.69 Å². The van der Waals surface area contributed by atoms with Crippen molar-refractivity contribution in [2.45, 2.75) is 12.1 Å². The molecule has 1 aliphatic heterocycles. The fraction of sp³-hybridized carbons (Fsp3) is 0.308. The van der Waals surface area contributed by atoms with Crippen LogP contribution < -0.4 is 5.32 Å². The monoisotopic (exact) mass is 274 g/mol. The van der Waals surface area contributed by atoms with Crippen LogP contribution in [0.5, 0.6) is 0 Å². The molecule has 1 fully saturated rings. The lowest BCUT2D eigenvalue weighted by Gasteiger charge is -2.14. The van der Waals surface area contributed by atoms with Gasteiger partial charge >= 0.3 is 0 Å². The number of carbonyl (C=O) groups is 1. The molecule has 3 heterocycles. The number of amides is 1. The lowest BCUT2D eigenvalue weighted by molar-refractivity contribution is 0.0881. The Morgan fingerprint density at radius 1 is 1.35 bits per heavy atom. The first-order chi connectivity index (χ1) is 9.74. The molecule has 7 heteroatoms. The Bertz CT molecular complexity index is 582. The molecular weight excluding hydrogens is 260 g/mol. The summed E-state index contributed by atoms with van der Waals surface area (Å²) < 4.78 is 5.08. The van der Waals surface area contributed by atoms with Crippen molar-refractivity contribution in [1.29, 1.82) is 0 Å². The standard InChI is InChI=1S/C13H14N4O3/c18-12-7-20-6-11(12)17-13(19)10-2-1-8(3-14-10)9-4-15-16-5-9/h1-5,11-12,18H,6-7H2,(H,15,16)(H,17,19)/t11-,12+/m0/s1. The van der Waals surface area contributed by atoms with Crippen LogP contribution in [0.1, 0.15) is 10.5 Å². The van der Waals surface area contributed by atoms with Crippen LogP contribution in [0.4, 0.5) is 0 Å². The van der Waals surface area contributed by atoms with Crippen molar-refractivity contribution in [3.63, 3.8) is 0 Å². The maximum Gasteiger partial charge on any atom is 0.270 e. The SMILES string of the molecule is O=C(N[C@H]1COC[C@H]1O)c1ccc(-c2cn[nH]c2)cn1. The van der Waals surface area contributed by atoms with Crippen molar-refractivity contribution >= 4 is 5.91 Å². The highest BCUT2D eigenvalue weighted by Crippen LogP contribution is 2.16. The Balaban J connectivity index is 1.69. The van der Waals surface area contributed by atoms with Crippen molar-refractivity contribution in [2.75, 3.05) is 13.2 Å². The van der Waals surface area contributed by atoms with Gasteiger partial charge in [-0.1, -0.05) is 6.07 Å². The molecule has 0 bridgehead atoms. The number of rotatable bonds is 3. The quantitative estimate of drug-likeness (QED) is 0.729. The summed E-state index contributed by atoms with van der Waals surface area (Å²) in [6, 6.07) is 3.06.